The molecule has 78 valence electrons. The van der Waals surface area contributed by atoms with Gasteiger partial charge in [0.2, 0.25) is 0 Å². The second-order valence-electron chi connectivity index (χ2n) is 4.13. The second kappa shape index (κ2) is 4.24. The molecule has 0 spiro atoms. The van der Waals surface area contributed by atoms with E-state index in [1.54, 1.807) is 11.3 Å². The van der Waals surface area contributed by atoms with Crippen LogP contribution in [0.5, 0.6) is 0 Å². The van der Waals surface area contributed by atoms with E-state index in [0.717, 1.165) is 4.88 Å². The summed E-state index contributed by atoms with van der Waals surface area (Å²) < 4.78 is 0. The summed E-state index contributed by atoms with van der Waals surface area (Å²) in [6.45, 7) is 3.92. The van der Waals surface area contributed by atoms with E-state index in [4.69, 9.17) is 0 Å². The molecular formula is C11H17NOS. The maximum atomic E-state index is 11.9. The number of hydrogen-bond donors (Lipinski definition) is 0. The van der Waals surface area contributed by atoms with Gasteiger partial charge in [0, 0.05) is 11.3 Å². The topological polar surface area (TPSA) is 20.3 Å². The molecule has 3 heteroatoms. The van der Waals surface area contributed by atoms with E-state index in [2.05, 4.69) is 0 Å². The number of carbonyl (C=O) groups excluding carboxylic acids is 1. The number of carbonyl (C=O) groups is 1. The van der Waals surface area contributed by atoms with Crippen molar-refractivity contribution in [1.29, 1.82) is 0 Å². The van der Waals surface area contributed by atoms with Crippen LogP contribution >= 0.6 is 11.3 Å². The first-order valence-electron chi connectivity index (χ1n) is 4.67. The lowest BCUT2D eigenvalue weighted by Crippen LogP contribution is -2.46. The van der Waals surface area contributed by atoms with Gasteiger partial charge in [-0.2, -0.15) is 0 Å². The minimum Gasteiger partial charge on any atom is -0.298 e. The molecule has 0 saturated heterocycles. The molecule has 0 aromatic carbocycles. The molecule has 0 N–H and O–H groups in total. The van der Waals surface area contributed by atoms with Crippen LogP contribution in [0.4, 0.5) is 0 Å². The minimum absolute atomic E-state index is 0.268. The van der Waals surface area contributed by atoms with Gasteiger partial charge in [-0.1, -0.05) is 6.07 Å². The van der Waals surface area contributed by atoms with Crippen LogP contribution in [-0.4, -0.2) is 30.3 Å². The predicted octanol–water partition coefficient (Wildman–Crippen LogP) is 2.20. The summed E-state index contributed by atoms with van der Waals surface area (Å²) in [7, 11) is 3.87. The lowest BCUT2D eigenvalue weighted by molar-refractivity contribution is -0.127. The average Bonchev–Trinajstić information content (AvgIpc) is 2.56. The second-order valence-corrected chi connectivity index (χ2v) is 5.17. The number of rotatable bonds is 4. The van der Waals surface area contributed by atoms with E-state index in [1.165, 1.54) is 0 Å². The molecule has 2 nitrogen and oxygen atoms in total. The van der Waals surface area contributed by atoms with Crippen molar-refractivity contribution >= 4 is 17.1 Å². The fraction of sp³-hybridized carbons (Fsp3) is 0.545. The number of thiophene rings is 1. The fourth-order valence-electron chi connectivity index (χ4n) is 1.04. The first kappa shape index (κ1) is 11.4. The Balaban J connectivity index is 2.67. The number of Topliss-reactive ketones (excluding diaryl/α,β-unsaturated/α-hetero) is 1. The Labute approximate surface area is 89.5 Å². The van der Waals surface area contributed by atoms with Crippen LogP contribution < -0.4 is 0 Å². The molecule has 1 heterocycles. The summed E-state index contributed by atoms with van der Waals surface area (Å²) >= 11 is 1.64. The summed E-state index contributed by atoms with van der Waals surface area (Å²) in [5, 5.41) is 2.01. The molecule has 1 rings (SSSR count). The van der Waals surface area contributed by atoms with Crippen LogP contribution in [0.15, 0.2) is 17.5 Å². The van der Waals surface area contributed by atoms with E-state index < -0.39 is 0 Å². The molecule has 0 bridgehead atoms. The molecule has 0 aliphatic heterocycles. The Morgan fingerprint density at radius 2 is 2.14 bits per heavy atom. The Morgan fingerprint density at radius 3 is 2.57 bits per heavy atom. The van der Waals surface area contributed by atoms with Crippen LogP contribution in [0.3, 0.4) is 0 Å². The maximum Gasteiger partial charge on any atom is 0.157 e. The highest BCUT2D eigenvalue weighted by Crippen LogP contribution is 2.17. The highest BCUT2D eigenvalue weighted by molar-refractivity contribution is 7.10. The minimum atomic E-state index is -0.371. The number of likely N-dealkylation sites (N-methyl/N-ethyl adjacent to an activating group) is 1. The van der Waals surface area contributed by atoms with Crippen LogP contribution in [-0.2, 0) is 11.2 Å². The van der Waals surface area contributed by atoms with Crippen LogP contribution in [0.25, 0.3) is 0 Å². The van der Waals surface area contributed by atoms with Crippen molar-refractivity contribution in [2.75, 3.05) is 14.1 Å². The zero-order valence-corrected chi connectivity index (χ0v) is 10.0. The van der Waals surface area contributed by atoms with Gasteiger partial charge in [-0.25, -0.2) is 0 Å². The first-order valence-corrected chi connectivity index (χ1v) is 5.55. The predicted molar refractivity (Wildman–Crippen MR) is 60.8 cm³/mol. The van der Waals surface area contributed by atoms with E-state index >= 15 is 0 Å². The number of hydrogen-bond acceptors (Lipinski definition) is 3. The molecule has 1 aromatic heterocycles. The molecule has 0 fully saturated rings. The van der Waals surface area contributed by atoms with Gasteiger partial charge in [0.1, 0.15) is 0 Å². The van der Waals surface area contributed by atoms with Crippen molar-refractivity contribution in [3.05, 3.63) is 22.4 Å². The number of ketones is 1. The zero-order valence-electron chi connectivity index (χ0n) is 9.20. The SMILES string of the molecule is CN(C)C(C)(C)C(=O)Cc1cccs1. The molecule has 1 aromatic rings. The fourth-order valence-corrected chi connectivity index (χ4v) is 1.74. The molecule has 14 heavy (non-hydrogen) atoms. The third-order valence-corrected chi connectivity index (χ3v) is 3.59. The summed E-state index contributed by atoms with van der Waals surface area (Å²) in [4.78, 5) is 15.0. The standard InChI is InChI=1S/C11H17NOS/c1-11(2,12(3)4)10(13)8-9-6-5-7-14-9/h5-7H,8H2,1-4H3. The Bertz CT molecular complexity index is 301. The molecule has 0 radical (unpaired) electrons. The average molecular weight is 211 g/mol. The largest absolute Gasteiger partial charge is 0.298 e. The molecular weight excluding hydrogens is 194 g/mol. The number of nitrogens with zero attached hydrogens (tertiary/aromatic N) is 1. The lowest BCUT2D eigenvalue weighted by atomic mass is 9.95. The Morgan fingerprint density at radius 1 is 1.50 bits per heavy atom. The third kappa shape index (κ3) is 2.42. The van der Waals surface area contributed by atoms with Crippen molar-refractivity contribution in [1.82, 2.24) is 4.90 Å². The summed E-state index contributed by atoms with van der Waals surface area (Å²) in [6.07, 6.45) is 0.544. The highest BCUT2D eigenvalue weighted by Gasteiger charge is 2.29. The van der Waals surface area contributed by atoms with Gasteiger partial charge >= 0.3 is 0 Å². The quantitative estimate of drug-likeness (QED) is 0.761. The van der Waals surface area contributed by atoms with Gasteiger partial charge in [-0.15, -0.1) is 11.3 Å². The third-order valence-electron chi connectivity index (χ3n) is 2.72. The molecule has 0 saturated carbocycles. The smallest absolute Gasteiger partial charge is 0.157 e. The van der Waals surface area contributed by atoms with E-state index in [0.29, 0.717) is 6.42 Å². The lowest BCUT2D eigenvalue weighted by Gasteiger charge is -2.30. The van der Waals surface area contributed by atoms with Gasteiger partial charge < -0.3 is 0 Å². The molecule has 0 atom stereocenters. The zero-order chi connectivity index (χ0) is 10.8. The highest BCUT2D eigenvalue weighted by atomic mass is 32.1. The Kier molecular flexibility index (Phi) is 3.45. The van der Waals surface area contributed by atoms with Gasteiger partial charge in [0.05, 0.1) is 5.54 Å². The Hall–Kier alpha value is -0.670. The van der Waals surface area contributed by atoms with E-state index in [1.807, 2.05) is 50.4 Å². The van der Waals surface area contributed by atoms with Gasteiger partial charge in [-0.05, 0) is 39.4 Å². The molecule has 0 unspecified atom stereocenters. The molecule has 0 amide bonds. The van der Waals surface area contributed by atoms with Crippen LogP contribution in [0.2, 0.25) is 0 Å². The van der Waals surface area contributed by atoms with Crippen molar-refractivity contribution in [3.8, 4) is 0 Å². The summed E-state index contributed by atoms with van der Waals surface area (Å²) in [5.74, 6) is 0.268. The normalized spacial score (nSPS) is 12.1. The summed E-state index contributed by atoms with van der Waals surface area (Å²) in [6, 6.07) is 3.99. The van der Waals surface area contributed by atoms with Crippen molar-refractivity contribution in [2.45, 2.75) is 25.8 Å². The first-order chi connectivity index (χ1) is 6.44. The van der Waals surface area contributed by atoms with Gasteiger partial charge in [0.25, 0.3) is 0 Å². The monoisotopic (exact) mass is 211 g/mol. The van der Waals surface area contributed by atoms with Crippen LogP contribution in [0.1, 0.15) is 18.7 Å². The summed E-state index contributed by atoms with van der Waals surface area (Å²) in [5.41, 5.74) is -0.371. The van der Waals surface area contributed by atoms with Gasteiger partial charge in [-0.3, -0.25) is 9.69 Å². The van der Waals surface area contributed by atoms with E-state index in [9.17, 15) is 4.79 Å². The van der Waals surface area contributed by atoms with E-state index in [-0.39, 0.29) is 11.3 Å². The van der Waals surface area contributed by atoms with Gasteiger partial charge in [0.15, 0.2) is 5.78 Å². The van der Waals surface area contributed by atoms with Crippen molar-refractivity contribution in [2.24, 2.45) is 0 Å². The van der Waals surface area contributed by atoms with Crippen molar-refractivity contribution in [3.63, 3.8) is 0 Å². The van der Waals surface area contributed by atoms with Crippen LogP contribution in [0, 0.1) is 0 Å². The molecule has 0 aliphatic rings. The molecule has 0 aliphatic carbocycles. The maximum absolute atomic E-state index is 11.9. The van der Waals surface area contributed by atoms with Crippen molar-refractivity contribution < 1.29 is 4.79 Å².